The summed E-state index contributed by atoms with van der Waals surface area (Å²) in [4.78, 5) is 28.8. The van der Waals surface area contributed by atoms with Gasteiger partial charge in [0.25, 0.3) is 0 Å². The first-order chi connectivity index (χ1) is 12.5. The van der Waals surface area contributed by atoms with Crippen LogP contribution in [0.5, 0.6) is 0 Å². The summed E-state index contributed by atoms with van der Waals surface area (Å²) in [6, 6.07) is 0. The molecule has 1 aliphatic carbocycles. The highest BCUT2D eigenvalue weighted by atomic mass is 32.1. The first-order valence-corrected chi connectivity index (χ1v) is 9.87. The molecule has 0 radical (unpaired) electrons. The molecule has 7 heteroatoms. The van der Waals surface area contributed by atoms with E-state index in [1.165, 1.54) is 7.11 Å². The number of carbonyl (C=O) groups is 2. The average Bonchev–Trinajstić information content (AvgIpc) is 3.17. The normalized spacial score (nSPS) is 19.0. The Balaban J connectivity index is 0.00000163. The fourth-order valence-corrected chi connectivity index (χ4v) is 3.33. The third-order valence-electron chi connectivity index (χ3n) is 4.50. The van der Waals surface area contributed by atoms with E-state index in [1.807, 2.05) is 19.9 Å². The second-order valence-corrected chi connectivity index (χ2v) is 6.73. The highest BCUT2D eigenvalue weighted by molar-refractivity contribution is 7.84. The minimum Gasteiger partial charge on any atom is -0.465 e. The Kier molecular flexibility index (Phi) is 10.6. The number of allylic oxidation sites excluding steroid dienone is 1. The van der Waals surface area contributed by atoms with Crippen molar-refractivity contribution in [3.8, 4) is 0 Å². The Bertz CT molecular complexity index is 538. The Morgan fingerprint density at radius 3 is 2.42 bits per heavy atom. The number of esters is 1. The van der Waals surface area contributed by atoms with Crippen LogP contribution in [0.4, 0.5) is 0 Å². The molecule has 0 spiro atoms. The number of nitrogens with one attached hydrogen (secondary N) is 1. The monoisotopic (exact) mass is 383 g/mol. The van der Waals surface area contributed by atoms with Crippen molar-refractivity contribution in [2.75, 3.05) is 46.9 Å². The second kappa shape index (κ2) is 12.1. The summed E-state index contributed by atoms with van der Waals surface area (Å²) in [7, 11) is 3.45. The molecule has 26 heavy (non-hydrogen) atoms. The predicted molar refractivity (Wildman–Crippen MR) is 108 cm³/mol. The molecular weight excluding hydrogens is 350 g/mol. The first kappa shape index (κ1) is 22.7. The van der Waals surface area contributed by atoms with E-state index in [-0.39, 0.29) is 5.91 Å². The van der Waals surface area contributed by atoms with Crippen LogP contribution in [0.1, 0.15) is 39.5 Å². The zero-order chi connectivity index (χ0) is 19.5. The summed E-state index contributed by atoms with van der Waals surface area (Å²) >= 11 is 4.35. The van der Waals surface area contributed by atoms with Gasteiger partial charge in [-0.3, -0.25) is 4.79 Å². The van der Waals surface area contributed by atoms with E-state index < -0.39 is 5.97 Å². The molecule has 148 valence electrons. The largest absolute Gasteiger partial charge is 0.465 e. The molecule has 1 saturated heterocycles. The van der Waals surface area contributed by atoms with Gasteiger partial charge < -0.3 is 19.9 Å². The summed E-state index contributed by atoms with van der Waals surface area (Å²) < 4.78 is 4.84. The minimum atomic E-state index is -0.451. The summed E-state index contributed by atoms with van der Waals surface area (Å²) in [5, 5.41) is 3.04. The van der Waals surface area contributed by atoms with Crippen LogP contribution in [-0.2, 0) is 14.3 Å². The fourth-order valence-electron chi connectivity index (χ4n) is 2.97. The lowest BCUT2D eigenvalue weighted by Crippen LogP contribution is -2.45. The van der Waals surface area contributed by atoms with Crippen molar-refractivity contribution in [3.63, 3.8) is 0 Å². The van der Waals surface area contributed by atoms with E-state index in [9.17, 15) is 9.59 Å². The van der Waals surface area contributed by atoms with Gasteiger partial charge in [0.15, 0.2) is 0 Å². The summed E-state index contributed by atoms with van der Waals surface area (Å²) in [5.74, 6) is -0.577. The van der Waals surface area contributed by atoms with Crippen LogP contribution in [0.3, 0.4) is 0 Å². The van der Waals surface area contributed by atoms with Crippen LogP contribution in [0.2, 0.25) is 0 Å². The third kappa shape index (κ3) is 7.13. The highest BCUT2D eigenvalue weighted by Gasteiger charge is 2.22. The van der Waals surface area contributed by atoms with Crippen molar-refractivity contribution in [1.29, 1.82) is 0 Å². The molecule has 0 aromatic carbocycles. The van der Waals surface area contributed by atoms with Gasteiger partial charge in [-0.05, 0) is 31.9 Å². The van der Waals surface area contributed by atoms with Gasteiger partial charge in [0.05, 0.1) is 17.7 Å². The molecule has 0 aromatic rings. The number of likely N-dealkylation sites (N-methyl/N-ethyl adjacent to an activating group) is 1. The van der Waals surface area contributed by atoms with Crippen molar-refractivity contribution in [2.24, 2.45) is 0 Å². The number of amides is 1. The molecule has 0 aromatic heterocycles. The minimum absolute atomic E-state index is 0.126. The predicted octanol–water partition coefficient (Wildman–Crippen LogP) is 2.19. The maximum absolute atomic E-state index is 12.2. The summed E-state index contributed by atoms with van der Waals surface area (Å²) in [5.41, 5.74) is 1.29. The molecule has 0 bridgehead atoms. The summed E-state index contributed by atoms with van der Waals surface area (Å²) in [6.07, 6.45) is 5.16. The van der Waals surface area contributed by atoms with Gasteiger partial charge in [0.2, 0.25) is 5.91 Å². The SMILES string of the molecule is CC.COC(=O)/C(C1=CCCC1)=C(/S)NC(=O)CCN1CCN(C)CC1. The van der Waals surface area contributed by atoms with Gasteiger partial charge in [0, 0.05) is 39.1 Å². The lowest BCUT2D eigenvalue weighted by Gasteiger charge is -2.32. The average molecular weight is 384 g/mol. The number of nitrogens with zero attached hydrogens (tertiary/aromatic N) is 2. The van der Waals surface area contributed by atoms with Crippen LogP contribution in [0.15, 0.2) is 22.3 Å². The maximum atomic E-state index is 12.2. The van der Waals surface area contributed by atoms with Gasteiger partial charge >= 0.3 is 5.97 Å². The molecule has 0 saturated carbocycles. The van der Waals surface area contributed by atoms with Crippen molar-refractivity contribution in [3.05, 3.63) is 22.3 Å². The Hall–Kier alpha value is -1.31. The maximum Gasteiger partial charge on any atom is 0.340 e. The van der Waals surface area contributed by atoms with Crippen LogP contribution in [0, 0.1) is 0 Å². The Morgan fingerprint density at radius 2 is 1.88 bits per heavy atom. The fraction of sp³-hybridized carbons (Fsp3) is 0.684. The lowest BCUT2D eigenvalue weighted by atomic mass is 10.1. The molecule has 1 fully saturated rings. The number of carbonyl (C=O) groups excluding carboxylic acids is 2. The van der Waals surface area contributed by atoms with Gasteiger partial charge in [-0.2, -0.15) is 0 Å². The number of thiol groups is 1. The van der Waals surface area contributed by atoms with Gasteiger partial charge in [-0.15, -0.1) is 12.6 Å². The molecule has 6 nitrogen and oxygen atoms in total. The van der Waals surface area contributed by atoms with Gasteiger partial charge in [0.1, 0.15) is 0 Å². The van der Waals surface area contributed by atoms with E-state index in [4.69, 9.17) is 4.74 Å². The number of hydrogen-bond acceptors (Lipinski definition) is 6. The number of hydrogen-bond donors (Lipinski definition) is 2. The van der Waals surface area contributed by atoms with Crippen molar-refractivity contribution in [1.82, 2.24) is 15.1 Å². The molecule has 1 N–H and O–H groups in total. The lowest BCUT2D eigenvalue weighted by molar-refractivity contribution is -0.135. The van der Waals surface area contributed by atoms with E-state index in [0.29, 0.717) is 17.0 Å². The van der Waals surface area contributed by atoms with E-state index >= 15 is 0 Å². The molecule has 1 aliphatic heterocycles. The highest BCUT2D eigenvalue weighted by Crippen LogP contribution is 2.28. The molecule has 1 amide bonds. The zero-order valence-electron chi connectivity index (χ0n) is 16.5. The Morgan fingerprint density at radius 1 is 1.23 bits per heavy atom. The summed E-state index contributed by atoms with van der Waals surface area (Å²) in [6.45, 7) is 8.73. The van der Waals surface area contributed by atoms with E-state index in [1.54, 1.807) is 0 Å². The second-order valence-electron chi connectivity index (χ2n) is 6.28. The van der Waals surface area contributed by atoms with Crippen LogP contribution >= 0.6 is 12.6 Å². The molecular formula is C19H33N3O3S. The molecule has 2 rings (SSSR count). The van der Waals surface area contributed by atoms with Gasteiger partial charge in [-0.25, -0.2) is 4.79 Å². The number of methoxy groups -OCH3 is 1. The van der Waals surface area contributed by atoms with E-state index in [2.05, 4.69) is 34.8 Å². The number of rotatable bonds is 6. The van der Waals surface area contributed by atoms with Crippen LogP contribution < -0.4 is 5.32 Å². The first-order valence-electron chi connectivity index (χ1n) is 9.43. The van der Waals surface area contributed by atoms with Crippen molar-refractivity contribution < 1.29 is 14.3 Å². The van der Waals surface area contributed by atoms with Crippen molar-refractivity contribution >= 4 is 24.5 Å². The molecule has 0 atom stereocenters. The quantitative estimate of drug-likeness (QED) is 0.418. The molecule has 2 aliphatic rings. The molecule has 0 unspecified atom stereocenters. The van der Waals surface area contributed by atoms with Gasteiger partial charge in [-0.1, -0.05) is 19.9 Å². The topological polar surface area (TPSA) is 61.9 Å². The van der Waals surface area contributed by atoms with Crippen LogP contribution in [0.25, 0.3) is 0 Å². The number of ether oxygens (including phenoxy) is 1. The third-order valence-corrected chi connectivity index (χ3v) is 4.83. The van der Waals surface area contributed by atoms with Crippen molar-refractivity contribution in [2.45, 2.75) is 39.5 Å². The smallest absolute Gasteiger partial charge is 0.340 e. The van der Waals surface area contributed by atoms with E-state index in [0.717, 1.165) is 57.6 Å². The standard InChI is InChI=1S/C17H27N3O3S.C2H6/c1-19-9-11-20(12-10-19)8-7-14(21)18-16(24)15(17(22)23-2)13-5-3-4-6-13;1-2/h5,24H,3-4,6-12H2,1-2H3,(H,18,21);1-2H3/b16-15+;. The molecule has 1 heterocycles. The zero-order valence-corrected chi connectivity index (χ0v) is 17.4. The number of piperazine rings is 1. The van der Waals surface area contributed by atoms with Crippen LogP contribution in [-0.4, -0.2) is 68.6 Å². The Labute approximate surface area is 163 Å².